The standard InChI is InChI=1S/C49H30N2O2S/c1-3-9-31(10-4-1)32-15-20-36(21-16-32)51(38-24-25-40-39-13-7-8-14-47(39)54-48(40)28-38)37-22-17-33(18-23-37)35-19-26-44-41(27-35)42-29-46-43(30-45(42)52-44)50-49(53-46)34-11-5-2-6-12-34/h1-30H. The van der Waals surface area contributed by atoms with Crippen molar-refractivity contribution < 1.29 is 8.83 Å². The van der Waals surface area contributed by atoms with Gasteiger partial charge >= 0.3 is 0 Å². The summed E-state index contributed by atoms with van der Waals surface area (Å²) in [6, 6.07) is 64.2. The third-order valence-corrected chi connectivity index (χ3v) is 11.4. The summed E-state index contributed by atoms with van der Waals surface area (Å²) in [4.78, 5) is 7.10. The summed E-state index contributed by atoms with van der Waals surface area (Å²) >= 11 is 1.84. The second-order valence-corrected chi connectivity index (χ2v) is 14.7. The van der Waals surface area contributed by atoms with Crippen molar-refractivity contribution in [1.82, 2.24) is 4.98 Å². The highest BCUT2D eigenvalue weighted by molar-refractivity contribution is 7.25. The predicted molar refractivity (Wildman–Crippen MR) is 225 cm³/mol. The monoisotopic (exact) mass is 710 g/mol. The van der Waals surface area contributed by atoms with Crippen molar-refractivity contribution >= 4 is 81.6 Å². The van der Waals surface area contributed by atoms with E-state index < -0.39 is 0 Å². The SMILES string of the molecule is c1ccc(-c2ccc(N(c3ccc(-c4ccc5oc6cc7nc(-c8ccccc8)oc7cc6c5c4)cc3)c3ccc4c(c3)sc3ccccc34)cc2)cc1. The van der Waals surface area contributed by atoms with Gasteiger partial charge in [0, 0.05) is 59.6 Å². The lowest BCUT2D eigenvalue weighted by atomic mass is 10.0. The molecule has 0 radical (unpaired) electrons. The summed E-state index contributed by atoms with van der Waals surface area (Å²) in [5.41, 5.74) is 12.0. The Bertz CT molecular complexity index is 3140. The average Bonchev–Trinajstić information content (AvgIpc) is 3.93. The Hall–Kier alpha value is -6.95. The first-order chi connectivity index (χ1) is 26.7. The molecule has 0 bridgehead atoms. The summed E-state index contributed by atoms with van der Waals surface area (Å²) in [5.74, 6) is 0.605. The number of nitrogens with zero attached hydrogens (tertiary/aromatic N) is 2. The van der Waals surface area contributed by atoms with Gasteiger partial charge in [-0.25, -0.2) is 4.98 Å². The van der Waals surface area contributed by atoms with Crippen LogP contribution in [0.3, 0.4) is 0 Å². The number of anilines is 3. The third-order valence-electron chi connectivity index (χ3n) is 10.3. The molecular weight excluding hydrogens is 681 g/mol. The van der Waals surface area contributed by atoms with E-state index >= 15 is 0 Å². The van der Waals surface area contributed by atoms with Crippen LogP contribution in [-0.4, -0.2) is 4.98 Å². The van der Waals surface area contributed by atoms with Gasteiger partial charge in [-0.1, -0.05) is 103 Å². The number of rotatable bonds is 6. The molecule has 5 heteroatoms. The molecule has 0 N–H and O–H groups in total. The molecule has 3 heterocycles. The molecule has 11 aromatic rings. The number of oxazole rings is 1. The Balaban J connectivity index is 0.979. The topological polar surface area (TPSA) is 42.4 Å². The molecule has 4 nitrogen and oxygen atoms in total. The maximum atomic E-state index is 6.31. The van der Waals surface area contributed by atoms with Crippen molar-refractivity contribution in [3.8, 4) is 33.7 Å². The Morgan fingerprint density at radius 2 is 0.963 bits per heavy atom. The average molecular weight is 711 g/mol. The number of hydrogen-bond acceptors (Lipinski definition) is 5. The van der Waals surface area contributed by atoms with Gasteiger partial charge in [0.2, 0.25) is 5.89 Å². The van der Waals surface area contributed by atoms with Crippen molar-refractivity contribution in [2.24, 2.45) is 0 Å². The first-order valence-electron chi connectivity index (χ1n) is 18.0. The molecule has 0 fully saturated rings. The van der Waals surface area contributed by atoms with E-state index in [0.29, 0.717) is 5.89 Å². The molecule has 8 aromatic carbocycles. The first kappa shape index (κ1) is 30.7. The maximum Gasteiger partial charge on any atom is 0.227 e. The van der Waals surface area contributed by atoms with Crippen LogP contribution in [0.4, 0.5) is 17.1 Å². The predicted octanol–water partition coefficient (Wildman–Crippen LogP) is 14.6. The fraction of sp³-hybridized carbons (Fsp3) is 0. The minimum atomic E-state index is 0.605. The smallest absolute Gasteiger partial charge is 0.227 e. The van der Waals surface area contributed by atoms with E-state index in [2.05, 4.69) is 150 Å². The molecule has 3 aromatic heterocycles. The van der Waals surface area contributed by atoms with Gasteiger partial charge in [0.1, 0.15) is 16.7 Å². The largest absolute Gasteiger partial charge is 0.456 e. The van der Waals surface area contributed by atoms with Gasteiger partial charge in [-0.15, -0.1) is 11.3 Å². The van der Waals surface area contributed by atoms with Gasteiger partial charge in [-0.3, -0.25) is 0 Å². The number of thiophene rings is 1. The minimum absolute atomic E-state index is 0.605. The second kappa shape index (κ2) is 12.3. The molecule has 0 spiro atoms. The van der Waals surface area contributed by atoms with E-state index in [1.165, 1.54) is 31.3 Å². The van der Waals surface area contributed by atoms with Gasteiger partial charge in [-0.2, -0.15) is 0 Å². The highest BCUT2D eigenvalue weighted by Gasteiger charge is 2.17. The summed E-state index contributed by atoms with van der Waals surface area (Å²) in [6.45, 7) is 0. The molecule has 0 saturated heterocycles. The van der Waals surface area contributed by atoms with Crippen molar-refractivity contribution in [1.29, 1.82) is 0 Å². The Kier molecular flexibility index (Phi) is 7.00. The molecular formula is C49H30N2O2S. The molecule has 0 unspecified atom stereocenters. The molecule has 0 atom stereocenters. The zero-order valence-corrected chi connectivity index (χ0v) is 29.8. The van der Waals surface area contributed by atoms with E-state index in [9.17, 15) is 0 Å². The number of furan rings is 1. The van der Waals surface area contributed by atoms with Gasteiger partial charge in [-0.05, 0) is 95.1 Å². The van der Waals surface area contributed by atoms with Crippen LogP contribution in [0.15, 0.2) is 191 Å². The van der Waals surface area contributed by atoms with E-state index in [0.717, 1.165) is 66.8 Å². The highest BCUT2D eigenvalue weighted by Crippen LogP contribution is 2.42. The molecule has 0 amide bonds. The first-order valence-corrected chi connectivity index (χ1v) is 18.8. The van der Waals surface area contributed by atoms with Crippen LogP contribution in [0.2, 0.25) is 0 Å². The van der Waals surface area contributed by atoms with Crippen molar-refractivity contribution in [3.63, 3.8) is 0 Å². The molecule has 254 valence electrons. The Morgan fingerprint density at radius 3 is 1.72 bits per heavy atom. The normalized spacial score (nSPS) is 11.7. The quantitative estimate of drug-likeness (QED) is 0.172. The van der Waals surface area contributed by atoms with Gasteiger partial charge < -0.3 is 13.7 Å². The number of fused-ring (bicyclic) bond motifs is 7. The van der Waals surface area contributed by atoms with Crippen molar-refractivity contribution in [2.45, 2.75) is 0 Å². The fourth-order valence-corrected chi connectivity index (χ4v) is 8.76. The van der Waals surface area contributed by atoms with Gasteiger partial charge in [0.15, 0.2) is 5.58 Å². The lowest BCUT2D eigenvalue weighted by molar-refractivity contribution is 0.620. The summed E-state index contributed by atoms with van der Waals surface area (Å²) in [6.07, 6.45) is 0. The van der Waals surface area contributed by atoms with Crippen LogP contribution in [0.25, 0.3) is 86.9 Å². The van der Waals surface area contributed by atoms with Gasteiger partial charge in [0.05, 0.1) is 0 Å². The Morgan fingerprint density at radius 1 is 0.370 bits per heavy atom. The highest BCUT2D eigenvalue weighted by atomic mass is 32.1. The molecule has 0 aliphatic carbocycles. The maximum absolute atomic E-state index is 6.31. The van der Waals surface area contributed by atoms with E-state index in [1.807, 2.05) is 47.7 Å². The Labute approximate surface area is 314 Å². The van der Waals surface area contributed by atoms with Crippen LogP contribution in [0.5, 0.6) is 0 Å². The molecule has 54 heavy (non-hydrogen) atoms. The number of hydrogen-bond donors (Lipinski definition) is 0. The molecule has 0 aliphatic rings. The van der Waals surface area contributed by atoms with Crippen LogP contribution in [-0.2, 0) is 0 Å². The second-order valence-electron chi connectivity index (χ2n) is 13.6. The zero-order chi connectivity index (χ0) is 35.6. The van der Waals surface area contributed by atoms with E-state index in [1.54, 1.807) is 0 Å². The van der Waals surface area contributed by atoms with Gasteiger partial charge in [0.25, 0.3) is 0 Å². The van der Waals surface area contributed by atoms with E-state index in [4.69, 9.17) is 13.8 Å². The van der Waals surface area contributed by atoms with Crippen LogP contribution < -0.4 is 4.90 Å². The summed E-state index contributed by atoms with van der Waals surface area (Å²) < 4.78 is 15.1. The molecule has 0 saturated carbocycles. The van der Waals surface area contributed by atoms with Crippen LogP contribution in [0, 0.1) is 0 Å². The number of benzene rings is 8. The van der Waals surface area contributed by atoms with Crippen molar-refractivity contribution in [3.05, 3.63) is 182 Å². The third kappa shape index (κ3) is 5.17. The summed E-state index contributed by atoms with van der Waals surface area (Å²) in [7, 11) is 0. The fourth-order valence-electron chi connectivity index (χ4n) is 7.62. The van der Waals surface area contributed by atoms with E-state index in [-0.39, 0.29) is 0 Å². The lowest BCUT2D eigenvalue weighted by Crippen LogP contribution is -2.09. The zero-order valence-electron chi connectivity index (χ0n) is 28.9. The van der Waals surface area contributed by atoms with Crippen LogP contribution >= 0.6 is 11.3 Å². The molecule has 11 rings (SSSR count). The van der Waals surface area contributed by atoms with Crippen molar-refractivity contribution in [2.75, 3.05) is 4.90 Å². The molecule has 0 aliphatic heterocycles. The minimum Gasteiger partial charge on any atom is -0.456 e. The lowest BCUT2D eigenvalue weighted by Gasteiger charge is -2.26. The number of aromatic nitrogens is 1. The van der Waals surface area contributed by atoms with Crippen LogP contribution in [0.1, 0.15) is 0 Å². The summed E-state index contributed by atoms with van der Waals surface area (Å²) in [5, 5.41) is 4.64.